The molecule has 41 heavy (non-hydrogen) atoms. The SMILES string of the molecule is CNC(=O)c1c(-c2ccc(C)cc2)oc2cc(N(C)S(C)(=O)=O)c(-c3nnc(C4=Cc5c(F)cccc5C4)o3)cc12. The molecular weight excluding hydrogens is 547 g/mol. The topological polar surface area (TPSA) is 119 Å². The fourth-order valence-electron chi connectivity index (χ4n) is 4.93. The average molecular weight is 573 g/mol. The van der Waals surface area contributed by atoms with Gasteiger partial charge in [0.1, 0.15) is 17.2 Å². The summed E-state index contributed by atoms with van der Waals surface area (Å²) in [7, 11) is -0.793. The molecule has 0 saturated carbocycles. The molecule has 0 atom stereocenters. The largest absolute Gasteiger partial charge is 0.455 e. The van der Waals surface area contributed by atoms with Crippen molar-refractivity contribution in [3.05, 3.63) is 88.6 Å². The van der Waals surface area contributed by atoms with Gasteiger partial charge < -0.3 is 14.2 Å². The van der Waals surface area contributed by atoms with E-state index in [1.807, 2.05) is 37.3 Å². The number of aromatic nitrogens is 2. The minimum atomic E-state index is -3.72. The summed E-state index contributed by atoms with van der Waals surface area (Å²) in [6.07, 6.45) is 3.15. The van der Waals surface area contributed by atoms with Crippen LogP contribution < -0.4 is 9.62 Å². The van der Waals surface area contributed by atoms with Gasteiger partial charge in [0.25, 0.3) is 5.91 Å². The minimum Gasteiger partial charge on any atom is -0.455 e. The van der Waals surface area contributed by atoms with Crippen LogP contribution in [0.2, 0.25) is 0 Å². The van der Waals surface area contributed by atoms with E-state index in [9.17, 15) is 17.6 Å². The Morgan fingerprint density at radius 2 is 1.78 bits per heavy atom. The van der Waals surface area contributed by atoms with Crippen molar-refractivity contribution in [2.24, 2.45) is 0 Å². The van der Waals surface area contributed by atoms with Gasteiger partial charge in [-0.15, -0.1) is 10.2 Å². The number of benzene rings is 3. The Morgan fingerprint density at radius 1 is 1.05 bits per heavy atom. The first kappa shape index (κ1) is 26.5. The third kappa shape index (κ3) is 4.57. The molecule has 2 aromatic heterocycles. The highest BCUT2D eigenvalue weighted by atomic mass is 32.2. The van der Waals surface area contributed by atoms with Crippen molar-refractivity contribution in [1.29, 1.82) is 0 Å². The third-order valence-electron chi connectivity index (χ3n) is 7.18. The van der Waals surface area contributed by atoms with Gasteiger partial charge in [0, 0.05) is 48.7 Å². The molecule has 11 heteroatoms. The second kappa shape index (κ2) is 9.70. The van der Waals surface area contributed by atoms with Gasteiger partial charge in [-0.2, -0.15) is 0 Å². The van der Waals surface area contributed by atoms with E-state index < -0.39 is 10.0 Å². The highest BCUT2D eigenvalue weighted by molar-refractivity contribution is 7.92. The third-order valence-corrected chi connectivity index (χ3v) is 8.38. The molecule has 0 fully saturated rings. The minimum absolute atomic E-state index is 0.0330. The summed E-state index contributed by atoms with van der Waals surface area (Å²) < 4.78 is 52.9. The van der Waals surface area contributed by atoms with Crippen LogP contribution >= 0.6 is 0 Å². The van der Waals surface area contributed by atoms with E-state index in [1.54, 1.807) is 24.3 Å². The zero-order valence-corrected chi connectivity index (χ0v) is 23.5. The number of carbonyl (C=O) groups excluding carboxylic acids is 1. The molecule has 0 saturated heterocycles. The summed E-state index contributed by atoms with van der Waals surface area (Å²) in [5.74, 6) is -0.164. The van der Waals surface area contributed by atoms with Crippen LogP contribution in [-0.2, 0) is 16.4 Å². The van der Waals surface area contributed by atoms with Gasteiger partial charge >= 0.3 is 0 Å². The molecule has 1 N–H and O–H groups in total. The number of allylic oxidation sites excluding steroid dienone is 1. The molecule has 0 spiro atoms. The van der Waals surface area contributed by atoms with Gasteiger partial charge in [-0.25, -0.2) is 12.8 Å². The fraction of sp³-hybridized carbons (Fsp3) is 0.167. The molecule has 0 radical (unpaired) electrons. The Bertz CT molecular complexity index is 1990. The molecule has 3 aromatic carbocycles. The predicted molar refractivity (Wildman–Crippen MR) is 154 cm³/mol. The second-order valence-corrected chi connectivity index (χ2v) is 11.9. The molecule has 208 valence electrons. The maximum atomic E-state index is 14.3. The smallest absolute Gasteiger partial charge is 0.255 e. The van der Waals surface area contributed by atoms with Gasteiger partial charge in [0.05, 0.1) is 23.1 Å². The zero-order valence-electron chi connectivity index (χ0n) is 22.6. The molecule has 0 unspecified atom stereocenters. The van der Waals surface area contributed by atoms with E-state index >= 15 is 0 Å². The normalized spacial score (nSPS) is 12.9. The fourth-order valence-corrected chi connectivity index (χ4v) is 5.44. The van der Waals surface area contributed by atoms with Crippen molar-refractivity contribution in [3.63, 3.8) is 0 Å². The highest BCUT2D eigenvalue weighted by Crippen LogP contribution is 2.42. The van der Waals surface area contributed by atoms with Gasteiger partial charge in [-0.05, 0) is 30.7 Å². The number of hydrogen-bond donors (Lipinski definition) is 1. The van der Waals surface area contributed by atoms with E-state index in [4.69, 9.17) is 8.83 Å². The van der Waals surface area contributed by atoms with Gasteiger partial charge in [0.15, 0.2) is 0 Å². The van der Waals surface area contributed by atoms with Crippen molar-refractivity contribution < 1.29 is 26.4 Å². The molecule has 0 bridgehead atoms. The maximum Gasteiger partial charge on any atom is 0.255 e. The number of amides is 1. The number of sulfonamides is 1. The van der Waals surface area contributed by atoms with Crippen molar-refractivity contribution in [3.8, 4) is 22.8 Å². The summed E-state index contributed by atoms with van der Waals surface area (Å²) in [6.45, 7) is 1.96. The first-order chi connectivity index (χ1) is 19.5. The Morgan fingerprint density at radius 3 is 2.46 bits per heavy atom. The number of nitrogens with one attached hydrogen (secondary N) is 1. The lowest BCUT2D eigenvalue weighted by atomic mass is 10.0. The van der Waals surface area contributed by atoms with E-state index in [1.165, 1.54) is 20.2 Å². The highest BCUT2D eigenvalue weighted by Gasteiger charge is 2.28. The standard InChI is InChI=1S/C30H25FN4O5S/c1-16-8-10-17(11-9-16)27-26(28(36)32-2)22-14-21(24(15-25(22)39-27)35(3)41(4,37)38)30-34-33-29(40-30)19-12-18-6-5-7-23(31)20(18)13-19/h5-11,13-15H,12H2,1-4H3,(H,32,36). The van der Waals surface area contributed by atoms with E-state index in [0.717, 1.165) is 21.7 Å². The summed E-state index contributed by atoms with van der Waals surface area (Å²) in [5, 5.41) is 11.5. The van der Waals surface area contributed by atoms with E-state index in [2.05, 4.69) is 15.5 Å². The van der Waals surface area contributed by atoms with Crippen molar-refractivity contribution in [1.82, 2.24) is 15.5 Å². The lowest BCUT2D eigenvalue weighted by molar-refractivity contribution is 0.0964. The molecule has 1 aliphatic carbocycles. The van der Waals surface area contributed by atoms with Crippen LogP contribution in [-0.4, -0.2) is 44.9 Å². The van der Waals surface area contributed by atoms with Crippen LogP contribution in [0.3, 0.4) is 0 Å². The summed E-state index contributed by atoms with van der Waals surface area (Å²) in [5.41, 5.74) is 4.73. The lowest BCUT2D eigenvalue weighted by Crippen LogP contribution is -2.25. The quantitative estimate of drug-likeness (QED) is 0.287. The predicted octanol–water partition coefficient (Wildman–Crippen LogP) is 5.45. The van der Waals surface area contributed by atoms with Crippen LogP contribution in [0.25, 0.3) is 45.4 Å². The maximum absolute atomic E-state index is 14.3. The molecular formula is C30H25FN4O5S. The Hall–Kier alpha value is -4.77. The summed E-state index contributed by atoms with van der Waals surface area (Å²) in [4.78, 5) is 13.1. The second-order valence-electron chi connectivity index (χ2n) is 9.92. The number of rotatable bonds is 6. The van der Waals surface area contributed by atoms with Crippen LogP contribution in [0.5, 0.6) is 0 Å². The lowest BCUT2D eigenvalue weighted by Gasteiger charge is -2.19. The molecule has 0 aliphatic heterocycles. The molecule has 2 heterocycles. The first-order valence-electron chi connectivity index (χ1n) is 12.7. The van der Waals surface area contributed by atoms with Gasteiger partial charge in [-0.1, -0.05) is 42.0 Å². The molecule has 5 aromatic rings. The van der Waals surface area contributed by atoms with Crippen molar-refractivity contribution in [2.75, 3.05) is 24.7 Å². The molecule has 1 aliphatic rings. The molecule has 9 nitrogen and oxygen atoms in total. The van der Waals surface area contributed by atoms with Gasteiger partial charge in [-0.3, -0.25) is 9.10 Å². The van der Waals surface area contributed by atoms with Crippen LogP contribution in [0, 0.1) is 12.7 Å². The number of aryl methyl sites for hydroxylation is 1. The van der Waals surface area contributed by atoms with Gasteiger partial charge in [0.2, 0.25) is 21.8 Å². The first-order valence-corrected chi connectivity index (χ1v) is 14.6. The van der Waals surface area contributed by atoms with Crippen LogP contribution in [0.4, 0.5) is 10.1 Å². The number of furan rings is 1. The van der Waals surface area contributed by atoms with Crippen LogP contribution in [0.15, 0.2) is 63.4 Å². The molecule has 1 amide bonds. The van der Waals surface area contributed by atoms with Crippen LogP contribution in [0.1, 0.15) is 32.9 Å². The zero-order chi connectivity index (χ0) is 29.1. The monoisotopic (exact) mass is 572 g/mol. The summed E-state index contributed by atoms with van der Waals surface area (Å²) >= 11 is 0. The Balaban J connectivity index is 1.54. The Labute approximate surface area is 235 Å². The number of halogens is 1. The van der Waals surface area contributed by atoms with E-state index in [0.29, 0.717) is 39.9 Å². The van der Waals surface area contributed by atoms with E-state index in [-0.39, 0.29) is 40.3 Å². The van der Waals surface area contributed by atoms with Crippen molar-refractivity contribution in [2.45, 2.75) is 13.3 Å². The average Bonchev–Trinajstić information content (AvgIpc) is 3.68. The number of fused-ring (bicyclic) bond motifs is 2. The number of nitrogens with zero attached hydrogens (tertiary/aromatic N) is 3. The summed E-state index contributed by atoms with van der Waals surface area (Å²) in [6, 6.07) is 15.5. The number of hydrogen-bond acceptors (Lipinski definition) is 7. The number of carbonyl (C=O) groups is 1. The number of anilines is 1. The Kier molecular flexibility index (Phi) is 6.26. The van der Waals surface area contributed by atoms with Crippen molar-refractivity contribution >= 4 is 44.2 Å². The molecule has 6 rings (SSSR count).